The van der Waals surface area contributed by atoms with E-state index in [-0.39, 0.29) is 17.9 Å². The van der Waals surface area contributed by atoms with Gasteiger partial charge in [0.15, 0.2) is 6.61 Å². The van der Waals surface area contributed by atoms with E-state index in [1.165, 1.54) is 0 Å². The van der Waals surface area contributed by atoms with Crippen LogP contribution in [0, 0.1) is 5.92 Å². The molecule has 0 unspecified atom stereocenters. The SMILES string of the molecule is CC[C@@H](C)NC(=O)COC(=O)CN1C(=O)N[C@@]2(CCCC[C@@H]2C)C1=O. The van der Waals surface area contributed by atoms with E-state index in [0.717, 1.165) is 30.6 Å². The lowest BCUT2D eigenvalue weighted by molar-refractivity contribution is -0.151. The van der Waals surface area contributed by atoms with Crippen LogP contribution in [0.3, 0.4) is 0 Å². The molecule has 4 amide bonds. The molecule has 0 radical (unpaired) electrons. The van der Waals surface area contributed by atoms with Gasteiger partial charge in [0.05, 0.1) is 0 Å². The third kappa shape index (κ3) is 4.11. The molecular formula is C17H27N3O5. The monoisotopic (exact) mass is 353 g/mol. The number of carbonyl (C=O) groups is 4. The van der Waals surface area contributed by atoms with Gasteiger partial charge in [0, 0.05) is 6.04 Å². The molecule has 1 saturated heterocycles. The molecule has 2 rings (SSSR count). The van der Waals surface area contributed by atoms with Crippen LogP contribution >= 0.6 is 0 Å². The molecule has 1 aliphatic carbocycles. The van der Waals surface area contributed by atoms with Crippen LogP contribution in [0.1, 0.15) is 52.9 Å². The first-order valence-corrected chi connectivity index (χ1v) is 8.89. The van der Waals surface area contributed by atoms with E-state index in [2.05, 4.69) is 10.6 Å². The number of rotatable bonds is 6. The first-order chi connectivity index (χ1) is 11.8. The summed E-state index contributed by atoms with van der Waals surface area (Å²) in [6.45, 7) is 4.82. The molecule has 0 aromatic rings. The number of imide groups is 1. The molecule has 1 saturated carbocycles. The largest absolute Gasteiger partial charge is 0.454 e. The van der Waals surface area contributed by atoms with Gasteiger partial charge in [-0.25, -0.2) is 4.79 Å². The molecule has 0 bridgehead atoms. The first-order valence-electron chi connectivity index (χ1n) is 8.89. The summed E-state index contributed by atoms with van der Waals surface area (Å²) in [6.07, 6.45) is 4.11. The zero-order chi connectivity index (χ0) is 18.6. The van der Waals surface area contributed by atoms with Crippen molar-refractivity contribution in [2.75, 3.05) is 13.2 Å². The molecule has 1 aliphatic heterocycles. The first kappa shape index (κ1) is 19.2. The Morgan fingerprint density at radius 2 is 2.12 bits per heavy atom. The fourth-order valence-corrected chi connectivity index (χ4v) is 3.38. The van der Waals surface area contributed by atoms with Gasteiger partial charge < -0.3 is 15.4 Å². The van der Waals surface area contributed by atoms with E-state index >= 15 is 0 Å². The van der Waals surface area contributed by atoms with Crippen molar-refractivity contribution in [1.82, 2.24) is 15.5 Å². The second-order valence-electron chi connectivity index (χ2n) is 6.98. The van der Waals surface area contributed by atoms with E-state index in [0.29, 0.717) is 6.42 Å². The normalized spacial score (nSPS) is 27.2. The summed E-state index contributed by atoms with van der Waals surface area (Å²) in [7, 11) is 0. The summed E-state index contributed by atoms with van der Waals surface area (Å²) in [5.41, 5.74) is -0.899. The average Bonchev–Trinajstić information content (AvgIpc) is 2.80. The van der Waals surface area contributed by atoms with Gasteiger partial charge in [0.2, 0.25) is 0 Å². The van der Waals surface area contributed by atoms with Crippen molar-refractivity contribution in [2.45, 2.75) is 64.5 Å². The van der Waals surface area contributed by atoms with Crippen LogP contribution in [0.5, 0.6) is 0 Å². The van der Waals surface area contributed by atoms with Gasteiger partial charge in [-0.1, -0.05) is 26.7 Å². The van der Waals surface area contributed by atoms with Crippen LogP contribution in [-0.4, -0.2) is 53.4 Å². The van der Waals surface area contributed by atoms with Crippen molar-refractivity contribution in [2.24, 2.45) is 5.92 Å². The Balaban J connectivity index is 1.89. The van der Waals surface area contributed by atoms with Gasteiger partial charge in [-0.05, 0) is 32.1 Å². The maximum absolute atomic E-state index is 12.7. The third-order valence-corrected chi connectivity index (χ3v) is 5.17. The van der Waals surface area contributed by atoms with Gasteiger partial charge in [0.25, 0.3) is 11.8 Å². The standard InChI is InChI=1S/C17H27N3O5/c1-4-12(3)18-13(21)10-25-14(22)9-20-15(23)17(19-16(20)24)8-6-5-7-11(17)2/h11-12H,4-10H2,1-3H3,(H,18,21)(H,19,24)/t11-,12+,17+/m0/s1. The lowest BCUT2D eigenvalue weighted by Crippen LogP contribution is -2.54. The van der Waals surface area contributed by atoms with Gasteiger partial charge in [-0.2, -0.15) is 0 Å². The molecule has 0 aromatic heterocycles. The van der Waals surface area contributed by atoms with Crippen molar-refractivity contribution >= 4 is 23.8 Å². The number of amides is 4. The maximum atomic E-state index is 12.7. The minimum atomic E-state index is -0.899. The molecule has 8 nitrogen and oxygen atoms in total. The molecule has 3 atom stereocenters. The van der Waals surface area contributed by atoms with Gasteiger partial charge in [0.1, 0.15) is 12.1 Å². The molecule has 2 N–H and O–H groups in total. The van der Waals surface area contributed by atoms with Crippen LogP contribution in [0.2, 0.25) is 0 Å². The van der Waals surface area contributed by atoms with Crippen molar-refractivity contribution < 1.29 is 23.9 Å². The van der Waals surface area contributed by atoms with Gasteiger partial charge >= 0.3 is 12.0 Å². The maximum Gasteiger partial charge on any atom is 0.326 e. The highest BCUT2D eigenvalue weighted by molar-refractivity contribution is 6.09. The summed E-state index contributed by atoms with van der Waals surface area (Å²) in [5.74, 6) is -1.52. The number of hydrogen-bond acceptors (Lipinski definition) is 5. The third-order valence-electron chi connectivity index (χ3n) is 5.17. The molecule has 25 heavy (non-hydrogen) atoms. The van der Waals surface area contributed by atoms with Crippen molar-refractivity contribution in [3.63, 3.8) is 0 Å². The fraction of sp³-hybridized carbons (Fsp3) is 0.765. The summed E-state index contributed by atoms with van der Waals surface area (Å²) >= 11 is 0. The van der Waals surface area contributed by atoms with E-state index < -0.39 is 36.6 Å². The van der Waals surface area contributed by atoms with E-state index in [9.17, 15) is 19.2 Å². The van der Waals surface area contributed by atoms with Crippen LogP contribution in [0.4, 0.5) is 4.79 Å². The average molecular weight is 353 g/mol. The molecule has 140 valence electrons. The smallest absolute Gasteiger partial charge is 0.326 e. The molecule has 2 aliphatic rings. The lowest BCUT2D eigenvalue weighted by atomic mass is 9.73. The Labute approximate surface area is 147 Å². The zero-order valence-electron chi connectivity index (χ0n) is 15.1. The molecular weight excluding hydrogens is 326 g/mol. The number of hydrogen-bond donors (Lipinski definition) is 2. The topological polar surface area (TPSA) is 105 Å². The summed E-state index contributed by atoms with van der Waals surface area (Å²) in [4.78, 5) is 49.3. The lowest BCUT2D eigenvalue weighted by Gasteiger charge is -2.36. The van der Waals surface area contributed by atoms with Crippen molar-refractivity contribution in [3.05, 3.63) is 0 Å². The number of nitrogens with zero attached hydrogens (tertiary/aromatic N) is 1. The van der Waals surface area contributed by atoms with Crippen LogP contribution in [0.25, 0.3) is 0 Å². The van der Waals surface area contributed by atoms with Gasteiger partial charge in [-0.3, -0.25) is 19.3 Å². The zero-order valence-corrected chi connectivity index (χ0v) is 15.1. The number of nitrogens with one attached hydrogen (secondary N) is 2. The second kappa shape index (κ2) is 7.84. The minimum absolute atomic E-state index is 0.00946. The predicted octanol–water partition coefficient (Wildman–Crippen LogP) is 0.945. The van der Waals surface area contributed by atoms with Crippen LogP contribution < -0.4 is 10.6 Å². The van der Waals surface area contributed by atoms with Crippen LogP contribution in [0.15, 0.2) is 0 Å². The quantitative estimate of drug-likeness (QED) is 0.546. The van der Waals surface area contributed by atoms with Crippen molar-refractivity contribution in [1.29, 1.82) is 0 Å². The Morgan fingerprint density at radius 1 is 1.40 bits per heavy atom. The Hall–Kier alpha value is -2.12. The number of esters is 1. The van der Waals surface area contributed by atoms with E-state index in [4.69, 9.17) is 4.74 Å². The van der Waals surface area contributed by atoms with Gasteiger partial charge in [-0.15, -0.1) is 0 Å². The van der Waals surface area contributed by atoms with Crippen LogP contribution in [-0.2, 0) is 19.1 Å². The van der Waals surface area contributed by atoms with E-state index in [1.54, 1.807) is 0 Å². The highest BCUT2D eigenvalue weighted by Crippen LogP contribution is 2.38. The molecule has 1 spiro atoms. The van der Waals surface area contributed by atoms with Crippen molar-refractivity contribution in [3.8, 4) is 0 Å². The molecule has 1 heterocycles. The highest BCUT2D eigenvalue weighted by Gasteiger charge is 2.55. The van der Waals surface area contributed by atoms with E-state index in [1.807, 2.05) is 20.8 Å². The molecule has 0 aromatic carbocycles. The Bertz CT molecular complexity index is 564. The summed E-state index contributed by atoms with van der Waals surface area (Å²) < 4.78 is 4.89. The Morgan fingerprint density at radius 3 is 2.76 bits per heavy atom. The highest BCUT2D eigenvalue weighted by atomic mass is 16.5. The number of urea groups is 1. The summed E-state index contributed by atoms with van der Waals surface area (Å²) in [6, 6.07) is -0.579. The second-order valence-corrected chi connectivity index (χ2v) is 6.98. The molecule has 2 fully saturated rings. The number of ether oxygens (including phenoxy) is 1. The summed E-state index contributed by atoms with van der Waals surface area (Å²) in [5, 5.41) is 5.45. The number of carbonyl (C=O) groups excluding carboxylic acids is 4. The predicted molar refractivity (Wildman–Crippen MR) is 89.5 cm³/mol. The minimum Gasteiger partial charge on any atom is -0.454 e. The fourth-order valence-electron chi connectivity index (χ4n) is 3.38. The molecule has 8 heteroatoms. The Kier molecular flexibility index (Phi) is 6.02.